The molecule has 66 valence electrons. The summed E-state index contributed by atoms with van der Waals surface area (Å²) in [6, 6.07) is 3.10. The van der Waals surface area contributed by atoms with Gasteiger partial charge in [-0.2, -0.15) is 4.39 Å². The number of hydrogen-bond donors (Lipinski definition) is 1. The molecule has 0 aliphatic heterocycles. The predicted octanol–water partition coefficient (Wildman–Crippen LogP) is 1.98. The van der Waals surface area contributed by atoms with Gasteiger partial charge >= 0.3 is 0 Å². The highest BCUT2D eigenvalue weighted by molar-refractivity contribution is 7.97. The quantitative estimate of drug-likeness (QED) is 0.442. The van der Waals surface area contributed by atoms with Gasteiger partial charge in [-0.05, 0) is 11.6 Å². The van der Waals surface area contributed by atoms with E-state index in [2.05, 4.69) is 16.6 Å². The van der Waals surface area contributed by atoms with Crippen molar-refractivity contribution in [3.8, 4) is 0 Å². The second kappa shape index (κ2) is 5.11. The summed E-state index contributed by atoms with van der Waals surface area (Å²) in [5.74, 6) is 0.594. The van der Waals surface area contributed by atoms with Gasteiger partial charge in [0.15, 0.2) is 0 Å². The van der Waals surface area contributed by atoms with Crippen molar-refractivity contribution in [3.63, 3.8) is 0 Å². The molecule has 2 nitrogen and oxygen atoms in total. The largest absolute Gasteiger partial charge is 0.260 e. The van der Waals surface area contributed by atoms with Crippen LogP contribution in [0.3, 0.4) is 0 Å². The molecule has 1 aromatic rings. The van der Waals surface area contributed by atoms with Crippen molar-refractivity contribution in [2.75, 3.05) is 5.75 Å². The van der Waals surface area contributed by atoms with E-state index in [1.807, 2.05) is 0 Å². The van der Waals surface area contributed by atoms with Crippen LogP contribution in [-0.2, 0) is 6.54 Å². The fourth-order valence-corrected chi connectivity index (χ4v) is 1.22. The van der Waals surface area contributed by atoms with Crippen LogP contribution < -0.4 is 4.72 Å². The van der Waals surface area contributed by atoms with E-state index in [9.17, 15) is 4.39 Å². The molecule has 1 rings (SSSR count). The molecule has 0 atom stereocenters. The standard InChI is InChI=1S/C8H11FN2S/c1-2-12-11-6-7-3-4-8(9)10-5-7/h3-5,11H,2,6H2,1H3. The van der Waals surface area contributed by atoms with Crippen molar-refractivity contribution in [1.82, 2.24) is 9.71 Å². The minimum atomic E-state index is -0.429. The molecule has 0 unspecified atom stereocenters. The SMILES string of the molecule is CCSNCc1ccc(F)nc1. The van der Waals surface area contributed by atoms with Crippen molar-refractivity contribution >= 4 is 11.9 Å². The Labute approximate surface area is 75.7 Å². The van der Waals surface area contributed by atoms with E-state index >= 15 is 0 Å². The topological polar surface area (TPSA) is 24.9 Å². The van der Waals surface area contributed by atoms with Gasteiger partial charge in [-0.15, -0.1) is 0 Å². The van der Waals surface area contributed by atoms with E-state index in [1.165, 1.54) is 6.07 Å². The first-order chi connectivity index (χ1) is 5.83. The highest BCUT2D eigenvalue weighted by Crippen LogP contribution is 2.00. The zero-order valence-corrected chi connectivity index (χ0v) is 7.70. The molecule has 0 saturated carbocycles. The van der Waals surface area contributed by atoms with Crippen molar-refractivity contribution in [2.45, 2.75) is 13.5 Å². The smallest absolute Gasteiger partial charge is 0.212 e. The van der Waals surface area contributed by atoms with Gasteiger partial charge in [0.25, 0.3) is 0 Å². The number of nitrogens with one attached hydrogen (secondary N) is 1. The maximum atomic E-state index is 12.3. The minimum absolute atomic E-state index is 0.429. The Hall–Kier alpha value is -0.610. The monoisotopic (exact) mass is 186 g/mol. The summed E-state index contributed by atoms with van der Waals surface area (Å²) in [6.45, 7) is 2.80. The summed E-state index contributed by atoms with van der Waals surface area (Å²) in [5, 5.41) is 0. The highest BCUT2D eigenvalue weighted by Gasteiger charge is 1.93. The predicted molar refractivity (Wildman–Crippen MR) is 49.2 cm³/mol. The number of hydrogen-bond acceptors (Lipinski definition) is 3. The van der Waals surface area contributed by atoms with Crippen LogP contribution in [0.15, 0.2) is 18.3 Å². The number of aromatic nitrogens is 1. The Morgan fingerprint density at radius 1 is 1.58 bits per heavy atom. The summed E-state index contributed by atoms with van der Waals surface area (Å²) in [5.41, 5.74) is 0.998. The Morgan fingerprint density at radius 2 is 2.42 bits per heavy atom. The summed E-state index contributed by atoms with van der Waals surface area (Å²) < 4.78 is 15.5. The zero-order valence-electron chi connectivity index (χ0n) is 6.88. The van der Waals surface area contributed by atoms with E-state index in [1.54, 1.807) is 24.2 Å². The lowest BCUT2D eigenvalue weighted by molar-refractivity contribution is 0.582. The number of pyridine rings is 1. The van der Waals surface area contributed by atoms with Gasteiger partial charge in [-0.25, -0.2) is 4.98 Å². The molecule has 1 aromatic heterocycles. The normalized spacial score (nSPS) is 10.2. The molecular weight excluding hydrogens is 175 g/mol. The van der Waals surface area contributed by atoms with Gasteiger partial charge < -0.3 is 0 Å². The van der Waals surface area contributed by atoms with Gasteiger partial charge in [0.2, 0.25) is 5.95 Å². The molecule has 0 saturated heterocycles. The molecule has 4 heteroatoms. The van der Waals surface area contributed by atoms with Gasteiger partial charge in [-0.3, -0.25) is 4.72 Å². The third kappa shape index (κ3) is 3.19. The fourth-order valence-electron chi connectivity index (χ4n) is 0.747. The van der Waals surface area contributed by atoms with Gasteiger partial charge in [-0.1, -0.05) is 24.9 Å². The minimum Gasteiger partial charge on any atom is -0.260 e. The van der Waals surface area contributed by atoms with Crippen LogP contribution in [0.2, 0.25) is 0 Å². The Morgan fingerprint density at radius 3 is 3.00 bits per heavy atom. The van der Waals surface area contributed by atoms with Gasteiger partial charge in [0.05, 0.1) is 0 Å². The van der Waals surface area contributed by atoms with Crippen molar-refractivity contribution in [2.24, 2.45) is 0 Å². The molecule has 0 aliphatic carbocycles. The summed E-state index contributed by atoms with van der Waals surface area (Å²) in [7, 11) is 0. The van der Waals surface area contributed by atoms with Crippen LogP contribution in [-0.4, -0.2) is 10.7 Å². The molecule has 0 radical (unpaired) electrons. The van der Waals surface area contributed by atoms with Crippen molar-refractivity contribution in [3.05, 3.63) is 29.8 Å². The maximum Gasteiger partial charge on any atom is 0.212 e. The van der Waals surface area contributed by atoms with Crippen molar-refractivity contribution in [1.29, 1.82) is 0 Å². The van der Waals surface area contributed by atoms with Crippen LogP contribution >= 0.6 is 11.9 Å². The van der Waals surface area contributed by atoms with E-state index in [4.69, 9.17) is 0 Å². The molecular formula is C8H11FN2S. The molecule has 0 aliphatic rings. The number of rotatable bonds is 4. The first-order valence-electron chi connectivity index (χ1n) is 3.78. The van der Waals surface area contributed by atoms with Crippen molar-refractivity contribution < 1.29 is 4.39 Å². The van der Waals surface area contributed by atoms with Crippen LogP contribution in [0.1, 0.15) is 12.5 Å². The maximum absolute atomic E-state index is 12.3. The molecule has 0 spiro atoms. The van der Waals surface area contributed by atoms with Gasteiger partial charge in [0, 0.05) is 18.5 Å². The third-order valence-corrected chi connectivity index (χ3v) is 1.95. The molecule has 0 fully saturated rings. The van der Waals surface area contributed by atoms with E-state index in [0.29, 0.717) is 0 Å². The first kappa shape index (κ1) is 9.48. The zero-order chi connectivity index (χ0) is 8.81. The van der Waals surface area contributed by atoms with Crippen LogP contribution in [0.4, 0.5) is 4.39 Å². The number of halogens is 1. The molecule has 0 aromatic carbocycles. The summed E-state index contributed by atoms with van der Waals surface area (Å²) >= 11 is 1.64. The average Bonchev–Trinajstić information content (AvgIpc) is 2.09. The van der Waals surface area contributed by atoms with Crippen LogP contribution in [0.25, 0.3) is 0 Å². The van der Waals surface area contributed by atoms with E-state index in [0.717, 1.165) is 17.9 Å². The second-order valence-corrected chi connectivity index (χ2v) is 3.40. The lowest BCUT2D eigenvalue weighted by Gasteiger charge is -2.00. The molecule has 0 bridgehead atoms. The van der Waals surface area contributed by atoms with E-state index in [-0.39, 0.29) is 0 Å². The molecule has 12 heavy (non-hydrogen) atoms. The van der Waals surface area contributed by atoms with Crippen LogP contribution in [0.5, 0.6) is 0 Å². The molecule has 1 heterocycles. The van der Waals surface area contributed by atoms with Crippen LogP contribution in [0, 0.1) is 5.95 Å². The molecule has 0 amide bonds. The average molecular weight is 186 g/mol. The lowest BCUT2D eigenvalue weighted by Crippen LogP contribution is -2.03. The highest BCUT2D eigenvalue weighted by atomic mass is 32.2. The Bertz CT molecular complexity index is 225. The van der Waals surface area contributed by atoms with Gasteiger partial charge in [0.1, 0.15) is 0 Å². The molecule has 1 N–H and O–H groups in total. The first-order valence-corrected chi connectivity index (χ1v) is 4.76. The Kier molecular flexibility index (Phi) is 4.04. The lowest BCUT2D eigenvalue weighted by atomic mass is 10.3. The summed E-state index contributed by atoms with van der Waals surface area (Å²) in [4.78, 5) is 3.54. The Balaban J connectivity index is 2.37. The second-order valence-electron chi connectivity index (χ2n) is 2.24. The summed E-state index contributed by atoms with van der Waals surface area (Å²) in [6.07, 6.45) is 1.54. The van der Waals surface area contributed by atoms with E-state index < -0.39 is 5.95 Å². The fraction of sp³-hybridized carbons (Fsp3) is 0.375. The number of nitrogens with zero attached hydrogens (tertiary/aromatic N) is 1. The third-order valence-electron chi connectivity index (χ3n) is 1.31.